The standard InChI is InChI=1S/C13H16N4O4S2/c18-12(19)11-8-10(9-15-11)23(20,21)17-4-1-3-16(5-6-17)13-14-2-7-22-13/h2,7-9,15H,1,3-6H2,(H,18,19). The second-order valence-corrected chi connectivity index (χ2v) is 7.92. The number of aromatic carboxylic acids is 1. The molecule has 0 radical (unpaired) electrons. The number of nitrogens with one attached hydrogen (secondary N) is 1. The van der Waals surface area contributed by atoms with Crippen molar-refractivity contribution >= 4 is 32.5 Å². The van der Waals surface area contributed by atoms with E-state index in [1.165, 1.54) is 21.8 Å². The fourth-order valence-corrected chi connectivity index (χ4v) is 4.65. The lowest BCUT2D eigenvalue weighted by Crippen LogP contribution is -2.35. The Labute approximate surface area is 137 Å². The first kappa shape index (κ1) is 16.0. The van der Waals surface area contributed by atoms with Gasteiger partial charge in [-0.25, -0.2) is 18.2 Å². The summed E-state index contributed by atoms with van der Waals surface area (Å²) < 4.78 is 26.7. The van der Waals surface area contributed by atoms with Crippen LogP contribution >= 0.6 is 11.3 Å². The van der Waals surface area contributed by atoms with Crippen molar-refractivity contribution < 1.29 is 18.3 Å². The number of aromatic nitrogens is 2. The summed E-state index contributed by atoms with van der Waals surface area (Å²) in [6.45, 7) is 2.04. The number of nitrogens with zero attached hydrogens (tertiary/aromatic N) is 3. The van der Waals surface area contributed by atoms with Gasteiger partial charge in [-0.05, 0) is 12.5 Å². The Morgan fingerprint density at radius 1 is 1.30 bits per heavy atom. The molecule has 0 bridgehead atoms. The highest BCUT2D eigenvalue weighted by Gasteiger charge is 2.28. The fourth-order valence-electron chi connectivity index (χ4n) is 2.49. The second kappa shape index (κ2) is 6.30. The summed E-state index contributed by atoms with van der Waals surface area (Å²) in [5.74, 6) is -1.18. The second-order valence-electron chi connectivity index (χ2n) is 5.11. The van der Waals surface area contributed by atoms with Crippen LogP contribution in [0.5, 0.6) is 0 Å². The van der Waals surface area contributed by atoms with Crippen molar-refractivity contribution in [3.05, 3.63) is 29.5 Å². The van der Waals surface area contributed by atoms with Crippen LogP contribution in [-0.2, 0) is 10.0 Å². The molecule has 0 amide bonds. The van der Waals surface area contributed by atoms with Gasteiger partial charge >= 0.3 is 5.97 Å². The Morgan fingerprint density at radius 3 is 2.78 bits per heavy atom. The molecule has 1 saturated heterocycles. The Bertz CT molecular complexity index is 785. The summed E-state index contributed by atoms with van der Waals surface area (Å²) in [7, 11) is -3.70. The van der Waals surface area contributed by atoms with Crippen LogP contribution in [0.15, 0.2) is 28.7 Å². The average Bonchev–Trinajstić information content (AvgIpc) is 3.15. The number of thiazole rings is 1. The Kier molecular flexibility index (Phi) is 4.37. The number of H-pyrrole nitrogens is 1. The number of carboxylic acid groups (broad SMARTS) is 1. The van der Waals surface area contributed by atoms with E-state index in [9.17, 15) is 13.2 Å². The lowest BCUT2D eigenvalue weighted by atomic mass is 10.4. The minimum atomic E-state index is -3.70. The van der Waals surface area contributed by atoms with Gasteiger partial charge in [-0.15, -0.1) is 11.3 Å². The van der Waals surface area contributed by atoms with Crippen molar-refractivity contribution in [2.75, 3.05) is 31.1 Å². The van der Waals surface area contributed by atoms with Crippen molar-refractivity contribution in [2.45, 2.75) is 11.3 Å². The minimum Gasteiger partial charge on any atom is -0.477 e. The van der Waals surface area contributed by atoms with Crippen LogP contribution in [0.2, 0.25) is 0 Å². The summed E-state index contributed by atoms with van der Waals surface area (Å²) >= 11 is 1.53. The van der Waals surface area contributed by atoms with Crippen molar-refractivity contribution in [1.29, 1.82) is 0 Å². The van der Waals surface area contributed by atoms with Crippen LogP contribution in [0, 0.1) is 0 Å². The zero-order chi connectivity index (χ0) is 16.4. The van der Waals surface area contributed by atoms with Crippen LogP contribution in [0.1, 0.15) is 16.9 Å². The van der Waals surface area contributed by atoms with Crippen LogP contribution in [0.3, 0.4) is 0 Å². The van der Waals surface area contributed by atoms with Gasteiger partial charge in [-0.3, -0.25) is 0 Å². The summed E-state index contributed by atoms with van der Waals surface area (Å²) in [6, 6.07) is 1.15. The quantitative estimate of drug-likeness (QED) is 0.849. The van der Waals surface area contributed by atoms with Crippen LogP contribution in [0.4, 0.5) is 5.13 Å². The third kappa shape index (κ3) is 3.23. The molecule has 3 rings (SSSR count). The van der Waals surface area contributed by atoms with E-state index in [4.69, 9.17) is 5.11 Å². The molecule has 0 spiro atoms. The van der Waals surface area contributed by atoms with Gasteiger partial charge in [0.15, 0.2) is 5.13 Å². The van der Waals surface area contributed by atoms with Crippen LogP contribution in [-0.4, -0.2) is 59.9 Å². The van der Waals surface area contributed by atoms with Crippen molar-refractivity contribution in [1.82, 2.24) is 14.3 Å². The number of rotatable bonds is 4. The van der Waals surface area contributed by atoms with Crippen LogP contribution in [0.25, 0.3) is 0 Å². The molecule has 1 aliphatic heterocycles. The predicted molar refractivity (Wildman–Crippen MR) is 85.5 cm³/mol. The lowest BCUT2D eigenvalue weighted by molar-refractivity contribution is 0.0691. The first-order chi connectivity index (χ1) is 11.0. The molecule has 3 heterocycles. The molecule has 2 aromatic rings. The molecule has 0 unspecified atom stereocenters. The van der Waals surface area contributed by atoms with E-state index in [0.717, 1.165) is 17.7 Å². The molecule has 2 aromatic heterocycles. The van der Waals surface area contributed by atoms with E-state index in [0.29, 0.717) is 26.1 Å². The highest BCUT2D eigenvalue weighted by atomic mass is 32.2. The van der Waals surface area contributed by atoms with Gasteiger partial charge in [0.05, 0.1) is 0 Å². The fraction of sp³-hybridized carbons (Fsp3) is 0.385. The summed E-state index contributed by atoms with van der Waals surface area (Å²) in [5, 5.41) is 11.7. The molecule has 0 aliphatic carbocycles. The zero-order valence-corrected chi connectivity index (χ0v) is 13.8. The molecule has 23 heavy (non-hydrogen) atoms. The SMILES string of the molecule is O=C(O)c1cc(S(=O)(=O)N2CCCN(c3nccs3)CC2)c[nH]1. The number of carbonyl (C=O) groups is 1. The molecule has 0 saturated carbocycles. The normalized spacial score (nSPS) is 17.1. The van der Waals surface area contributed by atoms with Gasteiger partial charge in [0, 0.05) is 44.0 Å². The molecule has 10 heteroatoms. The Balaban J connectivity index is 1.76. The number of hydrogen-bond donors (Lipinski definition) is 2. The maximum atomic E-state index is 12.7. The molecular weight excluding hydrogens is 340 g/mol. The van der Waals surface area contributed by atoms with Gasteiger partial charge in [-0.1, -0.05) is 0 Å². The first-order valence-electron chi connectivity index (χ1n) is 7.05. The molecule has 0 aromatic carbocycles. The summed E-state index contributed by atoms with van der Waals surface area (Å²) in [5.41, 5.74) is -0.136. The summed E-state index contributed by atoms with van der Waals surface area (Å²) in [6.07, 6.45) is 3.64. The van der Waals surface area contributed by atoms with Gasteiger partial charge in [0.1, 0.15) is 10.6 Å². The highest BCUT2D eigenvalue weighted by molar-refractivity contribution is 7.89. The molecular formula is C13H16N4O4S2. The highest BCUT2D eigenvalue weighted by Crippen LogP contribution is 2.22. The lowest BCUT2D eigenvalue weighted by Gasteiger charge is -2.20. The molecule has 1 aliphatic rings. The molecule has 2 N–H and O–H groups in total. The van der Waals surface area contributed by atoms with E-state index in [2.05, 4.69) is 14.9 Å². The molecule has 1 fully saturated rings. The number of sulfonamides is 1. The van der Waals surface area contributed by atoms with Crippen LogP contribution < -0.4 is 4.90 Å². The number of anilines is 1. The first-order valence-corrected chi connectivity index (χ1v) is 9.37. The molecule has 0 atom stereocenters. The van der Waals surface area contributed by atoms with Crippen molar-refractivity contribution in [3.63, 3.8) is 0 Å². The Hall–Kier alpha value is -1.91. The van der Waals surface area contributed by atoms with E-state index in [-0.39, 0.29) is 10.6 Å². The molecule has 8 nitrogen and oxygen atoms in total. The smallest absolute Gasteiger partial charge is 0.352 e. The topological polar surface area (TPSA) is 107 Å². The predicted octanol–water partition coefficient (Wildman–Crippen LogP) is 1.07. The van der Waals surface area contributed by atoms with Crippen molar-refractivity contribution in [3.8, 4) is 0 Å². The van der Waals surface area contributed by atoms with E-state index in [1.807, 2.05) is 5.38 Å². The van der Waals surface area contributed by atoms with E-state index < -0.39 is 16.0 Å². The largest absolute Gasteiger partial charge is 0.477 e. The minimum absolute atomic E-state index is 0.0161. The van der Waals surface area contributed by atoms with Gasteiger partial charge < -0.3 is 15.0 Å². The van der Waals surface area contributed by atoms with Gasteiger partial charge in [-0.2, -0.15) is 4.31 Å². The van der Waals surface area contributed by atoms with Gasteiger partial charge in [0.25, 0.3) is 0 Å². The number of aromatic amines is 1. The third-order valence-corrected chi connectivity index (χ3v) is 6.38. The number of hydrogen-bond acceptors (Lipinski definition) is 6. The molecule has 124 valence electrons. The number of carboxylic acids is 1. The van der Waals surface area contributed by atoms with E-state index >= 15 is 0 Å². The summed E-state index contributed by atoms with van der Waals surface area (Å²) in [4.78, 5) is 19.7. The van der Waals surface area contributed by atoms with E-state index in [1.54, 1.807) is 6.20 Å². The third-order valence-electron chi connectivity index (χ3n) is 3.67. The van der Waals surface area contributed by atoms with Gasteiger partial charge in [0.2, 0.25) is 10.0 Å². The maximum absolute atomic E-state index is 12.7. The monoisotopic (exact) mass is 356 g/mol. The van der Waals surface area contributed by atoms with Crippen molar-refractivity contribution in [2.24, 2.45) is 0 Å². The zero-order valence-electron chi connectivity index (χ0n) is 12.2. The maximum Gasteiger partial charge on any atom is 0.352 e. The average molecular weight is 356 g/mol. The Morgan fingerprint density at radius 2 is 2.13 bits per heavy atom.